The number of aliphatic carboxylic acids is 2. The molecule has 8 nitrogen and oxygen atoms in total. The monoisotopic (exact) mass is 412 g/mol. The highest BCUT2D eigenvalue weighted by molar-refractivity contribution is 7.99. The van der Waals surface area contributed by atoms with Gasteiger partial charge in [-0.3, -0.25) is 0 Å². The van der Waals surface area contributed by atoms with Gasteiger partial charge in [-0.05, 0) is 57.0 Å². The summed E-state index contributed by atoms with van der Waals surface area (Å²) in [7, 11) is 0. The van der Waals surface area contributed by atoms with Gasteiger partial charge in [-0.1, -0.05) is 29.4 Å². The van der Waals surface area contributed by atoms with Crippen molar-refractivity contribution < 1.29 is 19.8 Å². The SMILES string of the molecule is Cc1nc(SCCC2CCNC2)nn1-c1cccc(Cl)c1.O=C(O)C(=O)O. The van der Waals surface area contributed by atoms with E-state index in [2.05, 4.69) is 15.4 Å². The fourth-order valence-electron chi connectivity index (χ4n) is 2.56. The molecule has 3 rings (SSSR count). The Morgan fingerprint density at radius 2 is 2.11 bits per heavy atom. The maximum atomic E-state index is 9.10. The molecule has 1 aliphatic rings. The van der Waals surface area contributed by atoms with Crippen molar-refractivity contribution in [3.05, 3.63) is 35.1 Å². The predicted molar refractivity (Wildman–Crippen MR) is 103 cm³/mol. The lowest BCUT2D eigenvalue weighted by Crippen LogP contribution is -2.09. The van der Waals surface area contributed by atoms with Crippen LogP contribution in [0.2, 0.25) is 5.02 Å². The molecule has 0 aliphatic carbocycles. The van der Waals surface area contributed by atoms with Gasteiger partial charge in [0.2, 0.25) is 5.16 Å². The van der Waals surface area contributed by atoms with Crippen LogP contribution in [0.4, 0.5) is 0 Å². The van der Waals surface area contributed by atoms with Crippen molar-refractivity contribution in [3.8, 4) is 5.69 Å². The molecule has 1 atom stereocenters. The molecule has 1 aliphatic heterocycles. The smallest absolute Gasteiger partial charge is 0.414 e. The molecular formula is C17H21ClN4O4S. The molecule has 0 spiro atoms. The first-order valence-electron chi connectivity index (χ1n) is 8.36. The van der Waals surface area contributed by atoms with Gasteiger partial charge in [-0.15, -0.1) is 5.10 Å². The number of benzene rings is 1. The lowest BCUT2D eigenvalue weighted by Gasteiger charge is -2.05. The fraction of sp³-hybridized carbons (Fsp3) is 0.412. The van der Waals surface area contributed by atoms with Gasteiger partial charge in [0.15, 0.2) is 0 Å². The summed E-state index contributed by atoms with van der Waals surface area (Å²) >= 11 is 7.77. The molecule has 1 fully saturated rings. The lowest BCUT2D eigenvalue weighted by molar-refractivity contribution is -0.159. The molecule has 2 heterocycles. The first-order chi connectivity index (χ1) is 12.9. The standard InChI is InChI=1S/C15H19ClN4S.C2H2O4/c1-11-18-15(21-8-6-12-5-7-17-10-12)19-20(11)14-4-2-3-13(16)9-14;3-1(4)2(5)6/h2-4,9,12,17H,5-8,10H2,1H3;(H,3,4)(H,5,6). The Labute approximate surface area is 165 Å². The molecule has 1 saturated heterocycles. The largest absolute Gasteiger partial charge is 0.473 e. The third kappa shape index (κ3) is 6.85. The second-order valence-electron chi connectivity index (χ2n) is 5.94. The van der Waals surface area contributed by atoms with E-state index in [9.17, 15) is 0 Å². The Morgan fingerprint density at radius 1 is 1.37 bits per heavy atom. The van der Waals surface area contributed by atoms with Gasteiger partial charge < -0.3 is 15.5 Å². The summed E-state index contributed by atoms with van der Waals surface area (Å²) in [5.74, 6) is -0.869. The van der Waals surface area contributed by atoms with Gasteiger partial charge in [-0.2, -0.15) is 0 Å². The number of carbonyl (C=O) groups is 2. The minimum atomic E-state index is -1.82. The summed E-state index contributed by atoms with van der Waals surface area (Å²) < 4.78 is 1.85. The van der Waals surface area contributed by atoms with Gasteiger partial charge in [0.25, 0.3) is 0 Å². The van der Waals surface area contributed by atoms with E-state index in [4.69, 9.17) is 31.4 Å². The summed E-state index contributed by atoms with van der Waals surface area (Å²) in [5.41, 5.74) is 0.958. The zero-order valence-electron chi connectivity index (χ0n) is 14.8. The van der Waals surface area contributed by atoms with Crippen LogP contribution >= 0.6 is 23.4 Å². The molecule has 2 aromatic rings. The number of nitrogens with zero attached hydrogens (tertiary/aromatic N) is 3. The summed E-state index contributed by atoms with van der Waals surface area (Å²) in [4.78, 5) is 22.7. The van der Waals surface area contributed by atoms with E-state index in [1.165, 1.54) is 12.8 Å². The quantitative estimate of drug-likeness (QED) is 0.506. The van der Waals surface area contributed by atoms with Crippen LogP contribution < -0.4 is 5.32 Å². The molecule has 0 bridgehead atoms. The minimum absolute atomic E-state index is 0.713. The van der Waals surface area contributed by atoms with Gasteiger partial charge >= 0.3 is 11.9 Å². The Kier molecular flexibility index (Phi) is 8.08. The van der Waals surface area contributed by atoms with Crippen molar-refractivity contribution in [1.82, 2.24) is 20.1 Å². The number of rotatable bonds is 5. The zero-order valence-corrected chi connectivity index (χ0v) is 16.3. The Bertz CT molecular complexity index is 781. The van der Waals surface area contributed by atoms with Crippen molar-refractivity contribution in [2.75, 3.05) is 18.8 Å². The number of hydrogen-bond acceptors (Lipinski definition) is 6. The van der Waals surface area contributed by atoms with Crippen molar-refractivity contribution >= 4 is 35.3 Å². The van der Waals surface area contributed by atoms with Crippen LogP contribution in [-0.4, -0.2) is 55.8 Å². The second-order valence-corrected chi connectivity index (χ2v) is 7.44. The zero-order chi connectivity index (χ0) is 19.8. The number of carboxylic acid groups (broad SMARTS) is 2. The highest BCUT2D eigenvalue weighted by Gasteiger charge is 2.15. The number of halogens is 1. The van der Waals surface area contributed by atoms with E-state index < -0.39 is 11.9 Å². The number of aromatic nitrogens is 3. The maximum absolute atomic E-state index is 9.10. The first-order valence-corrected chi connectivity index (χ1v) is 9.72. The molecule has 3 N–H and O–H groups in total. The number of nitrogens with one attached hydrogen (secondary N) is 1. The van der Waals surface area contributed by atoms with E-state index in [0.717, 1.165) is 41.4 Å². The van der Waals surface area contributed by atoms with Crippen LogP contribution in [0.25, 0.3) is 5.69 Å². The molecule has 27 heavy (non-hydrogen) atoms. The molecule has 0 radical (unpaired) electrons. The predicted octanol–water partition coefficient (Wildman–Crippen LogP) is 2.48. The molecule has 1 aromatic heterocycles. The molecule has 0 saturated carbocycles. The first kappa shape index (κ1) is 21.2. The highest BCUT2D eigenvalue weighted by atomic mass is 35.5. The average molecular weight is 413 g/mol. The van der Waals surface area contributed by atoms with Crippen LogP contribution in [0.5, 0.6) is 0 Å². The summed E-state index contributed by atoms with van der Waals surface area (Å²) in [6.45, 7) is 4.29. The van der Waals surface area contributed by atoms with E-state index in [0.29, 0.717) is 5.02 Å². The third-order valence-electron chi connectivity index (χ3n) is 3.90. The highest BCUT2D eigenvalue weighted by Crippen LogP contribution is 2.22. The molecular weight excluding hydrogens is 392 g/mol. The average Bonchev–Trinajstić information content (AvgIpc) is 3.25. The molecule has 1 aromatic carbocycles. The molecule has 10 heteroatoms. The minimum Gasteiger partial charge on any atom is -0.473 e. The van der Waals surface area contributed by atoms with Gasteiger partial charge in [0.05, 0.1) is 5.69 Å². The Hall–Kier alpha value is -2.10. The summed E-state index contributed by atoms with van der Waals surface area (Å²) in [6.07, 6.45) is 2.52. The number of thioether (sulfide) groups is 1. The van der Waals surface area contributed by atoms with Crippen molar-refractivity contribution in [2.45, 2.75) is 24.9 Å². The summed E-state index contributed by atoms with van der Waals surface area (Å²) in [5, 5.41) is 24.3. The van der Waals surface area contributed by atoms with Crippen molar-refractivity contribution in [3.63, 3.8) is 0 Å². The van der Waals surface area contributed by atoms with Gasteiger partial charge in [0, 0.05) is 10.8 Å². The van der Waals surface area contributed by atoms with Crippen LogP contribution in [-0.2, 0) is 9.59 Å². The lowest BCUT2D eigenvalue weighted by atomic mass is 10.1. The number of carboxylic acids is 2. The van der Waals surface area contributed by atoms with Crippen LogP contribution in [0.3, 0.4) is 0 Å². The van der Waals surface area contributed by atoms with E-state index in [-0.39, 0.29) is 0 Å². The summed E-state index contributed by atoms with van der Waals surface area (Å²) in [6, 6.07) is 7.69. The van der Waals surface area contributed by atoms with Crippen LogP contribution in [0.1, 0.15) is 18.7 Å². The second kappa shape index (κ2) is 10.3. The molecule has 0 amide bonds. The van der Waals surface area contributed by atoms with Gasteiger partial charge in [0.1, 0.15) is 5.82 Å². The van der Waals surface area contributed by atoms with Crippen molar-refractivity contribution in [1.29, 1.82) is 0 Å². The maximum Gasteiger partial charge on any atom is 0.414 e. The van der Waals surface area contributed by atoms with Crippen LogP contribution in [0, 0.1) is 12.8 Å². The van der Waals surface area contributed by atoms with E-state index in [1.54, 1.807) is 11.8 Å². The number of aryl methyl sites for hydroxylation is 1. The molecule has 1 unspecified atom stereocenters. The van der Waals surface area contributed by atoms with Crippen LogP contribution in [0.15, 0.2) is 29.4 Å². The van der Waals surface area contributed by atoms with Gasteiger partial charge in [-0.25, -0.2) is 19.3 Å². The third-order valence-corrected chi connectivity index (χ3v) is 5.01. The van der Waals surface area contributed by atoms with Crippen molar-refractivity contribution in [2.24, 2.45) is 5.92 Å². The normalized spacial score (nSPS) is 15.9. The topological polar surface area (TPSA) is 117 Å². The Balaban J connectivity index is 0.000000380. The number of hydrogen-bond donors (Lipinski definition) is 3. The fourth-order valence-corrected chi connectivity index (χ4v) is 3.71. The molecule has 146 valence electrons. The Morgan fingerprint density at radius 3 is 2.70 bits per heavy atom. The van der Waals surface area contributed by atoms with E-state index >= 15 is 0 Å². The van der Waals surface area contributed by atoms with E-state index in [1.807, 2.05) is 35.9 Å².